The molecule has 0 saturated heterocycles. The highest BCUT2D eigenvalue weighted by molar-refractivity contribution is 6.12. The zero-order valence-corrected chi connectivity index (χ0v) is 19.6. The Morgan fingerprint density at radius 2 is 1.81 bits per heavy atom. The number of amides is 1. The molecule has 2 N–H and O–H groups in total. The number of guanidine groups is 1. The van der Waals surface area contributed by atoms with Gasteiger partial charge in [-0.2, -0.15) is 4.39 Å². The Morgan fingerprint density at radius 1 is 1.06 bits per heavy atom. The second-order valence-electron chi connectivity index (χ2n) is 8.96. The molecule has 0 radical (unpaired) electrons. The zero-order chi connectivity index (χ0) is 25.7. The predicted molar refractivity (Wildman–Crippen MR) is 130 cm³/mol. The average molecular weight is 493 g/mol. The molecule has 1 atom stereocenters. The van der Waals surface area contributed by atoms with E-state index in [4.69, 9.17) is 5.73 Å². The number of nitrogens with two attached hydrogens (primary N) is 1. The van der Waals surface area contributed by atoms with Crippen molar-refractivity contribution in [1.29, 1.82) is 0 Å². The second-order valence-corrected chi connectivity index (χ2v) is 8.96. The van der Waals surface area contributed by atoms with Crippen LogP contribution in [0.4, 0.5) is 13.2 Å². The molecule has 3 aromatic rings. The summed E-state index contributed by atoms with van der Waals surface area (Å²) >= 11 is 0. The van der Waals surface area contributed by atoms with Crippen LogP contribution in [0.15, 0.2) is 76.8 Å². The van der Waals surface area contributed by atoms with Gasteiger partial charge in [0.15, 0.2) is 11.5 Å². The number of halogens is 3. The van der Waals surface area contributed by atoms with Crippen molar-refractivity contribution in [3.8, 4) is 11.1 Å². The molecule has 3 heterocycles. The first-order chi connectivity index (χ1) is 17.1. The summed E-state index contributed by atoms with van der Waals surface area (Å²) in [4.78, 5) is 27.8. The van der Waals surface area contributed by atoms with Gasteiger partial charge in [-0.05, 0) is 47.0 Å². The van der Waals surface area contributed by atoms with E-state index in [1.54, 1.807) is 74.8 Å². The van der Waals surface area contributed by atoms with Crippen LogP contribution in [-0.4, -0.2) is 65.6 Å². The Kier molecular flexibility index (Phi) is 5.54. The molecular weight excluding hydrogens is 469 g/mol. The van der Waals surface area contributed by atoms with Crippen LogP contribution in [0.1, 0.15) is 21.5 Å². The topological polar surface area (TPSA) is 87.2 Å². The third-order valence-electron chi connectivity index (χ3n) is 6.29. The number of pyridine rings is 1. The van der Waals surface area contributed by atoms with E-state index in [-0.39, 0.29) is 23.3 Å². The van der Waals surface area contributed by atoms with Crippen molar-refractivity contribution < 1.29 is 18.0 Å². The highest BCUT2D eigenvalue weighted by Crippen LogP contribution is 2.44. The minimum Gasteiger partial charge on any atom is -0.369 e. The molecule has 1 unspecified atom stereocenters. The maximum absolute atomic E-state index is 14.5. The van der Waals surface area contributed by atoms with Gasteiger partial charge in [0.1, 0.15) is 12.4 Å². The Hall–Kier alpha value is -4.21. The van der Waals surface area contributed by atoms with Gasteiger partial charge in [-0.1, -0.05) is 30.3 Å². The molecule has 2 aromatic carbocycles. The summed E-state index contributed by atoms with van der Waals surface area (Å²) in [5.74, 6) is -3.74. The molecule has 0 saturated carbocycles. The molecule has 0 bridgehead atoms. The molecule has 1 aromatic heterocycles. The van der Waals surface area contributed by atoms with Gasteiger partial charge in [-0.15, -0.1) is 0 Å². The monoisotopic (exact) mass is 492 g/mol. The van der Waals surface area contributed by atoms with Crippen LogP contribution in [0.25, 0.3) is 11.1 Å². The van der Waals surface area contributed by atoms with Crippen LogP contribution in [0, 0.1) is 5.95 Å². The molecule has 5 rings (SSSR count). The molecular formula is C26H23F3N6O. The molecule has 2 aliphatic rings. The smallest absolute Gasteiger partial charge is 0.284 e. The molecule has 0 aliphatic carbocycles. The van der Waals surface area contributed by atoms with Gasteiger partial charge in [-0.3, -0.25) is 14.7 Å². The van der Waals surface area contributed by atoms with E-state index in [1.807, 2.05) is 0 Å². The van der Waals surface area contributed by atoms with Crippen LogP contribution in [0.3, 0.4) is 0 Å². The fourth-order valence-electron chi connectivity index (χ4n) is 4.59. The summed E-state index contributed by atoms with van der Waals surface area (Å²) in [6.07, 6.45) is 1.36. The molecule has 7 nitrogen and oxygen atoms in total. The van der Waals surface area contributed by atoms with Crippen molar-refractivity contribution in [2.75, 3.05) is 27.2 Å². The van der Waals surface area contributed by atoms with Crippen molar-refractivity contribution in [1.82, 2.24) is 14.8 Å². The van der Waals surface area contributed by atoms with E-state index in [0.29, 0.717) is 22.3 Å². The average Bonchev–Trinajstić information content (AvgIpc) is 3.15. The van der Waals surface area contributed by atoms with Crippen LogP contribution < -0.4 is 5.73 Å². The molecule has 1 amide bonds. The highest BCUT2D eigenvalue weighted by atomic mass is 19.3. The first kappa shape index (κ1) is 23.5. The number of alkyl halides is 2. The number of hydrogen-bond acceptors (Lipinski definition) is 6. The van der Waals surface area contributed by atoms with Gasteiger partial charge >= 0.3 is 0 Å². The fraction of sp³-hybridized carbons (Fsp3) is 0.231. The molecule has 0 fully saturated rings. The zero-order valence-electron chi connectivity index (χ0n) is 19.6. The fourth-order valence-corrected chi connectivity index (χ4v) is 4.59. The summed E-state index contributed by atoms with van der Waals surface area (Å²) in [5, 5.41) is 0. The van der Waals surface area contributed by atoms with E-state index >= 15 is 0 Å². The minimum absolute atomic E-state index is 0.0977. The molecule has 184 valence electrons. The maximum atomic E-state index is 14.5. The summed E-state index contributed by atoms with van der Waals surface area (Å²) in [6.45, 7) is -1.37. The van der Waals surface area contributed by atoms with Gasteiger partial charge in [0.25, 0.3) is 11.8 Å². The number of hydrogen-bond donors (Lipinski definition) is 1. The number of nitrogens with zero attached hydrogens (tertiary/aromatic N) is 5. The van der Waals surface area contributed by atoms with Gasteiger partial charge in [0.05, 0.1) is 6.54 Å². The van der Waals surface area contributed by atoms with E-state index in [9.17, 15) is 18.0 Å². The number of fused-ring (bicyclic) bond motifs is 1. The van der Waals surface area contributed by atoms with Crippen molar-refractivity contribution in [2.24, 2.45) is 15.7 Å². The van der Waals surface area contributed by atoms with Crippen LogP contribution in [0.5, 0.6) is 0 Å². The Balaban J connectivity index is 1.72. The third kappa shape index (κ3) is 3.78. The number of carbonyl (C=O) groups is 1. The Morgan fingerprint density at radius 3 is 2.50 bits per heavy atom. The normalized spacial score (nSPS) is 20.4. The molecule has 10 heteroatoms. The van der Waals surface area contributed by atoms with Gasteiger partial charge in [0.2, 0.25) is 5.95 Å². The number of aromatic nitrogens is 1. The quantitative estimate of drug-likeness (QED) is 0.565. The molecule has 0 spiro atoms. The Bertz CT molecular complexity index is 1400. The van der Waals surface area contributed by atoms with Gasteiger partial charge in [-0.25, -0.2) is 18.8 Å². The lowest BCUT2D eigenvalue weighted by Crippen LogP contribution is -2.53. The van der Waals surface area contributed by atoms with E-state index in [0.717, 1.165) is 0 Å². The number of aliphatic imine (C=N–C) groups is 2. The molecule has 2 aliphatic heterocycles. The second kappa shape index (κ2) is 8.47. The van der Waals surface area contributed by atoms with Crippen molar-refractivity contribution in [3.63, 3.8) is 0 Å². The first-order valence-corrected chi connectivity index (χ1v) is 11.2. The third-order valence-corrected chi connectivity index (χ3v) is 6.29. The van der Waals surface area contributed by atoms with Crippen LogP contribution in [-0.2, 0) is 5.54 Å². The van der Waals surface area contributed by atoms with Gasteiger partial charge in [0, 0.05) is 31.4 Å². The van der Waals surface area contributed by atoms with Crippen LogP contribution in [0.2, 0.25) is 0 Å². The van der Waals surface area contributed by atoms with Crippen LogP contribution >= 0.6 is 0 Å². The van der Waals surface area contributed by atoms with Crippen molar-refractivity contribution >= 4 is 17.7 Å². The van der Waals surface area contributed by atoms with E-state index in [2.05, 4.69) is 15.0 Å². The minimum atomic E-state index is -3.07. The van der Waals surface area contributed by atoms with E-state index in [1.165, 1.54) is 16.0 Å². The lowest BCUT2D eigenvalue weighted by atomic mass is 9.80. The van der Waals surface area contributed by atoms with Gasteiger partial charge < -0.3 is 10.6 Å². The summed E-state index contributed by atoms with van der Waals surface area (Å²) < 4.78 is 43.0. The lowest BCUT2D eigenvalue weighted by Gasteiger charge is -2.35. The SMILES string of the molecule is CN(C)C(=O)c1ccc(C2(c3cccc(-c4cccnc4F)c3)N=C(N)N3CC(F)(F)CN=C32)cc1. The first-order valence-electron chi connectivity index (χ1n) is 11.2. The number of rotatable bonds is 4. The number of benzene rings is 2. The number of amidine groups is 1. The highest BCUT2D eigenvalue weighted by Gasteiger charge is 2.53. The summed E-state index contributed by atoms with van der Waals surface area (Å²) in [6, 6.07) is 16.9. The summed E-state index contributed by atoms with van der Waals surface area (Å²) in [5.41, 5.74) is 7.22. The standard InChI is InChI=1S/C26H23F3N6O/c1-34(2)22(36)16-8-10-18(11-9-16)26(23-32-14-25(28,29)15-35(23)24(30)33-26)19-6-3-5-17(13-19)20-7-4-12-31-21(20)27/h3-13H,14-15H2,1-2H3,(H2,30,33). The number of carbonyl (C=O) groups excluding carboxylic acids is 1. The lowest BCUT2D eigenvalue weighted by molar-refractivity contribution is -0.00437. The molecule has 36 heavy (non-hydrogen) atoms. The largest absolute Gasteiger partial charge is 0.369 e. The van der Waals surface area contributed by atoms with Crippen molar-refractivity contribution in [2.45, 2.75) is 11.5 Å². The van der Waals surface area contributed by atoms with Crippen molar-refractivity contribution in [3.05, 3.63) is 89.5 Å². The Labute approximate surface area is 205 Å². The summed E-state index contributed by atoms with van der Waals surface area (Å²) in [7, 11) is 3.30. The predicted octanol–water partition coefficient (Wildman–Crippen LogP) is 3.51. The maximum Gasteiger partial charge on any atom is 0.284 e. The van der Waals surface area contributed by atoms with E-state index < -0.39 is 30.5 Å².